The third kappa shape index (κ3) is 5.30. The largest absolute Gasteiger partial charge is 0.296 e. The van der Waals surface area contributed by atoms with Gasteiger partial charge in [0.15, 0.2) is 4.34 Å². The molecule has 0 spiro atoms. The Balaban J connectivity index is 1.39. The number of amides is 1. The van der Waals surface area contributed by atoms with E-state index >= 15 is 0 Å². The molecule has 1 N–H and O–H groups in total. The standard InChI is InChI=1S/C24H24N4O3S3/c1-3-28(4-2)34(30,31)20-14-12-18(13-15-20)22(29)25-23-26-27-24(33-23)32-16-19-10-7-9-17-8-5-6-11-21(17)19/h5-15H,3-4,16H2,1-2H3,(H,25,26,29). The molecule has 0 fully saturated rings. The molecule has 4 aromatic rings. The van der Waals surface area contributed by atoms with E-state index in [2.05, 4.69) is 39.8 Å². The SMILES string of the molecule is CCN(CC)S(=O)(=O)c1ccc(C(=O)Nc2nnc(SCc3cccc4ccccc34)s2)cc1. The van der Waals surface area contributed by atoms with E-state index in [-0.39, 0.29) is 10.8 Å². The number of fused-ring (bicyclic) bond motifs is 1. The molecule has 0 saturated carbocycles. The van der Waals surface area contributed by atoms with E-state index < -0.39 is 10.0 Å². The van der Waals surface area contributed by atoms with Crippen molar-refractivity contribution in [3.8, 4) is 0 Å². The summed E-state index contributed by atoms with van der Waals surface area (Å²) in [7, 11) is -3.56. The summed E-state index contributed by atoms with van der Waals surface area (Å²) in [6, 6.07) is 20.4. The molecule has 7 nitrogen and oxygen atoms in total. The second-order valence-corrected chi connectivity index (χ2v) is 11.5. The average Bonchev–Trinajstić information content (AvgIpc) is 3.30. The first-order chi connectivity index (χ1) is 16.4. The molecule has 1 amide bonds. The van der Waals surface area contributed by atoms with Gasteiger partial charge in [-0.1, -0.05) is 79.4 Å². The van der Waals surface area contributed by atoms with Crippen LogP contribution in [0.25, 0.3) is 10.8 Å². The topological polar surface area (TPSA) is 92.3 Å². The van der Waals surface area contributed by atoms with Crippen molar-refractivity contribution >= 4 is 54.9 Å². The van der Waals surface area contributed by atoms with Gasteiger partial charge >= 0.3 is 0 Å². The van der Waals surface area contributed by atoms with Gasteiger partial charge < -0.3 is 0 Å². The number of aromatic nitrogens is 2. The number of nitrogens with zero attached hydrogens (tertiary/aromatic N) is 3. The molecule has 0 bridgehead atoms. The predicted octanol–water partition coefficient (Wildman–Crippen LogP) is 5.27. The quantitative estimate of drug-likeness (QED) is 0.243. The Hall–Kier alpha value is -2.79. The monoisotopic (exact) mass is 512 g/mol. The van der Waals surface area contributed by atoms with Crippen LogP contribution in [0.3, 0.4) is 0 Å². The van der Waals surface area contributed by atoms with Gasteiger partial charge in [-0.2, -0.15) is 4.31 Å². The van der Waals surface area contributed by atoms with Gasteiger partial charge in [0.1, 0.15) is 0 Å². The summed E-state index contributed by atoms with van der Waals surface area (Å²) in [5.74, 6) is 0.375. The van der Waals surface area contributed by atoms with Crippen LogP contribution in [0.1, 0.15) is 29.8 Å². The minimum Gasteiger partial charge on any atom is -0.296 e. The van der Waals surface area contributed by atoms with Gasteiger partial charge in [0, 0.05) is 24.4 Å². The van der Waals surface area contributed by atoms with Crippen LogP contribution in [0, 0.1) is 0 Å². The van der Waals surface area contributed by atoms with Crippen LogP contribution in [0.5, 0.6) is 0 Å². The minimum absolute atomic E-state index is 0.163. The summed E-state index contributed by atoms with van der Waals surface area (Å²) in [5, 5.41) is 13.8. The lowest BCUT2D eigenvalue weighted by atomic mass is 10.1. The fourth-order valence-corrected chi connectivity index (χ4v) is 6.75. The van der Waals surface area contributed by atoms with Crippen LogP contribution in [0.15, 0.2) is 76.0 Å². The highest BCUT2D eigenvalue weighted by Crippen LogP contribution is 2.31. The zero-order chi connectivity index (χ0) is 24.1. The molecule has 10 heteroatoms. The molecule has 0 saturated heterocycles. The van der Waals surface area contributed by atoms with Crippen molar-refractivity contribution in [2.45, 2.75) is 28.8 Å². The fraction of sp³-hybridized carbons (Fsp3) is 0.208. The van der Waals surface area contributed by atoms with E-state index in [0.717, 1.165) is 10.1 Å². The smallest absolute Gasteiger partial charge is 0.257 e. The van der Waals surface area contributed by atoms with Crippen molar-refractivity contribution in [1.82, 2.24) is 14.5 Å². The van der Waals surface area contributed by atoms with Crippen molar-refractivity contribution in [3.63, 3.8) is 0 Å². The number of hydrogen-bond donors (Lipinski definition) is 1. The molecule has 1 heterocycles. The molecule has 4 rings (SSSR count). The Morgan fingerprint density at radius 1 is 0.971 bits per heavy atom. The zero-order valence-electron chi connectivity index (χ0n) is 18.8. The average molecular weight is 513 g/mol. The molecular formula is C24H24N4O3S3. The summed E-state index contributed by atoms with van der Waals surface area (Å²) in [5.41, 5.74) is 1.56. The highest BCUT2D eigenvalue weighted by molar-refractivity contribution is 8.00. The first kappa shape index (κ1) is 24.3. The highest BCUT2D eigenvalue weighted by Gasteiger charge is 2.22. The molecule has 0 aliphatic rings. The maximum atomic E-state index is 12.6. The summed E-state index contributed by atoms with van der Waals surface area (Å²) in [4.78, 5) is 12.8. The van der Waals surface area contributed by atoms with Crippen molar-refractivity contribution in [3.05, 3.63) is 77.9 Å². The van der Waals surface area contributed by atoms with Crippen LogP contribution in [-0.4, -0.2) is 41.9 Å². The lowest BCUT2D eigenvalue weighted by Crippen LogP contribution is -2.30. The number of carbonyl (C=O) groups excluding carboxylic acids is 1. The van der Waals surface area contributed by atoms with Gasteiger partial charge in [0.25, 0.3) is 5.91 Å². The molecule has 0 unspecified atom stereocenters. The first-order valence-electron chi connectivity index (χ1n) is 10.8. The predicted molar refractivity (Wildman–Crippen MR) is 138 cm³/mol. The third-order valence-corrected chi connectivity index (χ3v) is 9.40. The molecule has 0 aliphatic heterocycles. The van der Waals surface area contributed by atoms with Crippen LogP contribution in [0.4, 0.5) is 5.13 Å². The minimum atomic E-state index is -3.56. The van der Waals surface area contributed by atoms with E-state index in [4.69, 9.17) is 0 Å². The molecule has 1 aromatic heterocycles. The molecule has 0 radical (unpaired) electrons. The maximum absolute atomic E-state index is 12.6. The van der Waals surface area contributed by atoms with Crippen LogP contribution >= 0.6 is 23.1 Å². The Bertz CT molecular complexity index is 1390. The van der Waals surface area contributed by atoms with Crippen LogP contribution < -0.4 is 5.32 Å². The Morgan fingerprint density at radius 2 is 1.68 bits per heavy atom. The summed E-state index contributed by atoms with van der Waals surface area (Å²) in [6.45, 7) is 4.36. The molecular weight excluding hydrogens is 488 g/mol. The number of benzene rings is 3. The highest BCUT2D eigenvalue weighted by atomic mass is 32.2. The molecule has 3 aromatic carbocycles. The Labute approximate surface area is 207 Å². The van der Waals surface area contributed by atoms with Gasteiger partial charge in [0.2, 0.25) is 15.2 Å². The number of anilines is 1. The fourth-order valence-electron chi connectivity index (χ4n) is 3.54. The van der Waals surface area contributed by atoms with E-state index in [1.54, 1.807) is 25.6 Å². The van der Waals surface area contributed by atoms with E-state index in [1.165, 1.54) is 56.2 Å². The molecule has 34 heavy (non-hydrogen) atoms. The lowest BCUT2D eigenvalue weighted by Gasteiger charge is -2.18. The van der Waals surface area contributed by atoms with E-state index in [0.29, 0.717) is 23.8 Å². The second kappa shape index (κ2) is 10.6. The maximum Gasteiger partial charge on any atom is 0.257 e. The number of sulfonamides is 1. The van der Waals surface area contributed by atoms with Crippen molar-refractivity contribution in [1.29, 1.82) is 0 Å². The van der Waals surface area contributed by atoms with E-state index in [1.807, 2.05) is 18.2 Å². The normalized spacial score (nSPS) is 11.7. The summed E-state index contributed by atoms with van der Waals surface area (Å²) >= 11 is 2.87. The van der Waals surface area contributed by atoms with Crippen LogP contribution in [0.2, 0.25) is 0 Å². The van der Waals surface area contributed by atoms with Crippen LogP contribution in [-0.2, 0) is 15.8 Å². The first-order valence-corrected chi connectivity index (χ1v) is 14.0. The van der Waals surface area contributed by atoms with Gasteiger partial charge in [-0.05, 0) is 40.6 Å². The Morgan fingerprint density at radius 3 is 2.41 bits per heavy atom. The van der Waals surface area contributed by atoms with Gasteiger partial charge in [-0.3, -0.25) is 10.1 Å². The number of rotatable bonds is 9. The zero-order valence-corrected chi connectivity index (χ0v) is 21.2. The third-order valence-electron chi connectivity index (χ3n) is 5.32. The second-order valence-electron chi connectivity index (χ2n) is 7.37. The van der Waals surface area contributed by atoms with Gasteiger partial charge in [0.05, 0.1) is 4.90 Å². The molecule has 176 valence electrons. The van der Waals surface area contributed by atoms with Gasteiger partial charge in [-0.15, -0.1) is 10.2 Å². The summed E-state index contributed by atoms with van der Waals surface area (Å²) in [6.07, 6.45) is 0. The number of carbonyl (C=O) groups is 1. The molecule has 0 aliphatic carbocycles. The van der Waals surface area contributed by atoms with E-state index in [9.17, 15) is 13.2 Å². The van der Waals surface area contributed by atoms with Gasteiger partial charge in [-0.25, -0.2) is 8.42 Å². The number of nitrogens with one attached hydrogen (secondary N) is 1. The summed E-state index contributed by atoms with van der Waals surface area (Å²) < 4.78 is 27.4. The Kier molecular flexibility index (Phi) is 7.62. The molecule has 0 atom stereocenters. The van der Waals surface area contributed by atoms with Crippen molar-refractivity contribution < 1.29 is 13.2 Å². The van der Waals surface area contributed by atoms with Crippen molar-refractivity contribution in [2.24, 2.45) is 0 Å². The number of hydrogen-bond acceptors (Lipinski definition) is 7. The number of thioether (sulfide) groups is 1. The lowest BCUT2D eigenvalue weighted by molar-refractivity contribution is 0.102. The van der Waals surface area contributed by atoms with Crippen molar-refractivity contribution in [2.75, 3.05) is 18.4 Å².